The first kappa shape index (κ1) is 16.6. The molecule has 6 heteroatoms. The van der Waals surface area contributed by atoms with Gasteiger partial charge in [-0.05, 0) is 37.8 Å². The molecule has 4 rings (SSSR count). The van der Waals surface area contributed by atoms with Crippen LogP contribution < -0.4 is 10.6 Å². The summed E-state index contributed by atoms with van der Waals surface area (Å²) in [4.78, 5) is 16.5. The van der Waals surface area contributed by atoms with Crippen LogP contribution in [0.3, 0.4) is 0 Å². The van der Waals surface area contributed by atoms with Gasteiger partial charge in [0.2, 0.25) is 5.91 Å². The number of piperidine rings is 1. The van der Waals surface area contributed by atoms with Crippen molar-refractivity contribution in [3.05, 3.63) is 41.4 Å². The summed E-state index contributed by atoms with van der Waals surface area (Å²) in [5, 5.41) is 7.38. The van der Waals surface area contributed by atoms with E-state index in [0.717, 1.165) is 18.4 Å². The van der Waals surface area contributed by atoms with Gasteiger partial charge in [-0.15, -0.1) is 0 Å². The molecule has 2 aliphatic heterocycles. The number of hydrogen-bond acceptors (Lipinski definition) is 4. The lowest BCUT2D eigenvalue weighted by molar-refractivity contribution is -0.122. The van der Waals surface area contributed by atoms with Crippen LogP contribution in [-0.4, -0.2) is 29.0 Å². The zero-order chi connectivity index (χ0) is 17.2. The van der Waals surface area contributed by atoms with Crippen LogP contribution in [-0.2, 0) is 11.2 Å². The first-order valence-electron chi connectivity index (χ1n) is 8.92. The Bertz CT molecular complexity index is 749. The number of aromatic nitrogens is 1. The lowest BCUT2D eigenvalue weighted by atomic mass is 9.99. The number of rotatable bonds is 5. The molecule has 2 N–H and O–H groups in total. The number of carbonyl (C=O) groups excluding carboxylic acids is 1. The molecule has 2 atom stereocenters. The monoisotopic (exact) mass is 359 g/mol. The normalized spacial score (nSPS) is 25.1. The fourth-order valence-electron chi connectivity index (χ4n) is 3.91. The predicted molar refractivity (Wildman–Crippen MR) is 96.4 cm³/mol. The molecule has 132 valence electrons. The number of nitrogens with one attached hydrogen (secondary N) is 2. The first-order chi connectivity index (χ1) is 12.2. The highest BCUT2D eigenvalue weighted by Crippen LogP contribution is 2.28. The Morgan fingerprint density at radius 1 is 1.28 bits per heavy atom. The number of amides is 1. The number of aryl methyl sites for hydroxylation is 1. The minimum absolute atomic E-state index is 0.0730. The molecule has 2 unspecified atom stereocenters. The van der Waals surface area contributed by atoms with E-state index in [1.54, 1.807) is 6.20 Å². The molecule has 25 heavy (non-hydrogen) atoms. The molecular weight excluding hydrogens is 338 g/mol. The van der Waals surface area contributed by atoms with Crippen LogP contribution in [0.2, 0.25) is 5.02 Å². The quantitative estimate of drug-likeness (QED) is 0.859. The highest BCUT2D eigenvalue weighted by molar-refractivity contribution is 6.33. The third-order valence-electron chi connectivity index (χ3n) is 5.10. The summed E-state index contributed by atoms with van der Waals surface area (Å²) in [5.41, 5.74) is 0.817. The van der Waals surface area contributed by atoms with E-state index in [0.29, 0.717) is 47.6 Å². The molecular formula is C19H22ClN3O2. The van der Waals surface area contributed by atoms with E-state index in [1.165, 1.54) is 12.8 Å². The Labute approximate surface area is 152 Å². The summed E-state index contributed by atoms with van der Waals surface area (Å²) in [6.07, 6.45) is 7.10. The van der Waals surface area contributed by atoms with Crippen molar-refractivity contribution in [2.75, 3.05) is 0 Å². The van der Waals surface area contributed by atoms with E-state index in [-0.39, 0.29) is 5.91 Å². The van der Waals surface area contributed by atoms with E-state index in [4.69, 9.17) is 16.0 Å². The van der Waals surface area contributed by atoms with Gasteiger partial charge < -0.3 is 15.1 Å². The van der Waals surface area contributed by atoms with Crippen molar-refractivity contribution in [1.82, 2.24) is 15.6 Å². The summed E-state index contributed by atoms with van der Waals surface area (Å²) < 4.78 is 5.75. The van der Waals surface area contributed by atoms with E-state index < -0.39 is 0 Å². The zero-order valence-electron chi connectivity index (χ0n) is 14.0. The molecule has 0 saturated carbocycles. The second-order valence-electron chi connectivity index (χ2n) is 6.97. The average Bonchev–Trinajstić information content (AvgIpc) is 3.20. The molecule has 2 fully saturated rings. The van der Waals surface area contributed by atoms with Crippen molar-refractivity contribution in [3.8, 4) is 11.3 Å². The summed E-state index contributed by atoms with van der Waals surface area (Å²) >= 11 is 6.18. The van der Waals surface area contributed by atoms with Gasteiger partial charge in [-0.1, -0.05) is 23.7 Å². The van der Waals surface area contributed by atoms with Crippen LogP contribution in [0.15, 0.2) is 34.9 Å². The van der Waals surface area contributed by atoms with Crippen LogP contribution >= 0.6 is 11.6 Å². The Morgan fingerprint density at radius 2 is 2.04 bits per heavy atom. The molecule has 3 heterocycles. The lowest BCUT2D eigenvalue weighted by Crippen LogP contribution is -2.48. The second-order valence-corrected chi connectivity index (χ2v) is 7.38. The van der Waals surface area contributed by atoms with Crippen molar-refractivity contribution >= 4 is 17.5 Å². The Kier molecular flexibility index (Phi) is 4.77. The molecule has 5 nitrogen and oxygen atoms in total. The van der Waals surface area contributed by atoms with Crippen molar-refractivity contribution in [1.29, 1.82) is 0 Å². The third-order valence-corrected chi connectivity index (χ3v) is 5.43. The lowest BCUT2D eigenvalue weighted by Gasteiger charge is -2.29. The number of halogens is 1. The van der Waals surface area contributed by atoms with Crippen molar-refractivity contribution < 1.29 is 9.21 Å². The highest BCUT2D eigenvalue weighted by atomic mass is 35.5. The molecule has 0 spiro atoms. The molecule has 2 bridgehead atoms. The van der Waals surface area contributed by atoms with Gasteiger partial charge in [0, 0.05) is 36.5 Å². The van der Waals surface area contributed by atoms with Gasteiger partial charge in [-0.3, -0.25) is 4.79 Å². The van der Waals surface area contributed by atoms with Crippen molar-refractivity contribution in [3.63, 3.8) is 0 Å². The van der Waals surface area contributed by atoms with Gasteiger partial charge in [0.05, 0.1) is 11.2 Å². The molecule has 0 aliphatic carbocycles. The maximum absolute atomic E-state index is 12.2. The molecule has 2 aromatic rings. The number of nitrogens with zero attached hydrogens (tertiary/aromatic N) is 1. The minimum atomic E-state index is 0.0730. The smallest absolute Gasteiger partial charge is 0.220 e. The van der Waals surface area contributed by atoms with Crippen molar-refractivity contribution in [2.45, 2.75) is 56.7 Å². The zero-order valence-corrected chi connectivity index (χ0v) is 14.8. The third kappa shape index (κ3) is 3.88. The standard InChI is InChI=1S/C19H22ClN3O2/c20-16-4-2-1-3-15(16)17-11-21-19(25-17)8-7-18(24)23-14-9-12-5-6-13(10-14)22-12/h1-4,11-14,22H,5-10H2,(H,23,24). The summed E-state index contributed by atoms with van der Waals surface area (Å²) in [6.45, 7) is 0. The number of benzene rings is 1. The number of carbonyl (C=O) groups is 1. The van der Waals surface area contributed by atoms with Crippen LogP contribution in [0, 0.1) is 0 Å². The van der Waals surface area contributed by atoms with E-state index in [9.17, 15) is 4.79 Å². The van der Waals surface area contributed by atoms with Gasteiger partial charge in [-0.25, -0.2) is 4.98 Å². The van der Waals surface area contributed by atoms with Crippen LogP contribution in [0.25, 0.3) is 11.3 Å². The van der Waals surface area contributed by atoms with E-state index in [2.05, 4.69) is 15.6 Å². The molecule has 0 radical (unpaired) electrons. The number of hydrogen-bond donors (Lipinski definition) is 2. The topological polar surface area (TPSA) is 67.2 Å². The van der Waals surface area contributed by atoms with Crippen LogP contribution in [0.4, 0.5) is 0 Å². The molecule has 1 aromatic heterocycles. The number of oxazole rings is 1. The van der Waals surface area contributed by atoms with E-state index in [1.807, 2.05) is 24.3 Å². The van der Waals surface area contributed by atoms with E-state index >= 15 is 0 Å². The SMILES string of the molecule is O=C(CCc1ncc(-c2ccccc2Cl)o1)NC1CC2CCC(C1)N2. The van der Waals surface area contributed by atoms with Gasteiger partial charge in [-0.2, -0.15) is 0 Å². The fourth-order valence-corrected chi connectivity index (χ4v) is 4.14. The Hall–Kier alpha value is -1.85. The second kappa shape index (κ2) is 7.18. The summed E-state index contributed by atoms with van der Waals surface area (Å²) in [5.74, 6) is 1.27. The van der Waals surface area contributed by atoms with Crippen LogP contribution in [0.5, 0.6) is 0 Å². The predicted octanol–water partition coefficient (Wildman–Crippen LogP) is 3.33. The molecule has 2 aliphatic rings. The molecule has 1 aromatic carbocycles. The first-order valence-corrected chi connectivity index (χ1v) is 9.30. The summed E-state index contributed by atoms with van der Waals surface area (Å²) in [7, 11) is 0. The number of fused-ring (bicyclic) bond motifs is 2. The summed E-state index contributed by atoms with van der Waals surface area (Å²) in [6, 6.07) is 8.95. The largest absolute Gasteiger partial charge is 0.441 e. The maximum Gasteiger partial charge on any atom is 0.220 e. The van der Waals surface area contributed by atoms with Gasteiger partial charge >= 0.3 is 0 Å². The maximum atomic E-state index is 12.2. The van der Waals surface area contributed by atoms with Gasteiger partial charge in [0.1, 0.15) is 0 Å². The van der Waals surface area contributed by atoms with Crippen LogP contribution in [0.1, 0.15) is 38.0 Å². The average molecular weight is 360 g/mol. The van der Waals surface area contributed by atoms with Gasteiger partial charge in [0.25, 0.3) is 0 Å². The Morgan fingerprint density at radius 3 is 2.80 bits per heavy atom. The van der Waals surface area contributed by atoms with Crippen molar-refractivity contribution in [2.24, 2.45) is 0 Å². The minimum Gasteiger partial charge on any atom is -0.441 e. The fraction of sp³-hybridized carbons (Fsp3) is 0.474. The highest BCUT2D eigenvalue weighted by Gasteiger charge is 2.33. The Balaban J connectivity index is 1.30. The molecule has 2 saturated heterocycles. The molecule has 1 amide bonds. The van der Waals surface area contributed by atoms with Gasteiger partial charge in [0.15, 0.2) is 11.7 Å².